The molecule has 0 saturated heterocycles. The van der Waals surface area contributed by atoms with E-state index >= 15 is 0 Å². The average molecular weight is 1330 g/mol. The van der Waals surface area contributed by atoms with Gasteiger partial charge in [-0.25, -0.2) is 19.9 Å². The molecule has 8 heterocycles. The molecular formula is C94H64N10. The quantitative estimate of drug-likeness (QED) is 0.158. The highest BCUT2D eigenvalue weighted by Crippen LogP contribution is 2.54. The van der Waals surface area contributed by atoms with Crippen LogP contribution in [0.15, 0.2) is 315 Å². The summed E-state index contributed by atoms with van der Waals surface area (Å²) in [6.07, 6.45) is 0. The van der Waals surface area contributed by atoms with Gasteiger partial charge in [-0.05, 0) is 99.8 Å². The summed E-state index contributed by atoms with van der Waals surface area (Å²) in [6.45, 7) is 9.45. The Bertz CT molecular complexity index is 6830. The van der Waals surface area contributed by atoms with Gasteiger partial charge in [0.1, 0.15) is 0 Å². The summed E-state index contributed by atoms with van der Waals surface area (Å²) in [5, 5.41) is 12.5. The van der Waals surface area contributed by atoms with Crippen LogP contribution >= 0.6 is 0 Å². The molecule has 0 radical (unpaired) electrons. The Labute approximate surface area is 598 Å². The number of rotatable bonds is 7. The van der Waals surface area contributed by atoms with Gasteiger partial charge in [0.15, 0.2) is 29.1 Å². The molecular weight excluding hydrogens is 1270 g/mol. The number of hydrogen-bond acceptors (Lipinski definition) is 6. The van der Waals surface area contributed by atoms with Crippen molar-refractivity contribution < 1.29 is 0 Å². The van der Waals surface area contributed by atoms with E-state index in [0.717, 1.165) is 49.9 Å². The van der Waals surface area contributed by atoms with Crippen LogP contribution in [0.3, 0.4) is 0 Å². The van der Waals surface area contributed by atoms with Crippen LogP contribution < -0.4 is 0 Å². The molecule has 20 aromatic rings. The van der Waals surface area contributed by atoms with Gasteiger partial charge in [-0.15, -0.1) is 0 Å². The van der Waals surface area contributed by atoms with Gasteiger partial charge >= 0.3 is 0 Å². The lowest BCUT2D eigenvalue weighted by Gasteiger charge is -2.35. The maximum atomic E-state index is 5.19. The molecule has 14 aromatic carbocycles. The molecule has 10 heteroatoms. The van der Waals surface area contributed by atoms with Crippen molar-refractivity contribution in [2.45, 2.75) is 38.5 Å². The highest BCUT2D eigenvalue weighted by molar-refractivity contribution is 6.31. The summed E-state index contributed by atoms with van der Waals surface area (Å²) < 4.78 is 9.71. The fraction of sp³-hybridized carbons (Fsp3) is 0.0638. The maximum Gasteiger partial charge on any atom is 0.238 e. The van der Waals surface area contributed by atoms with Crippen LogP contribution in [0.4, 0.5) is 0 Å². The second kappa shape index (κ2) is 22.5. The van der Waals surface area contributed by atoms with Crippen molar-refractivity contribution in [3.05, 3.63) is 338 Å². The topological polar surface area (TPSA) is 97.1 Å². The van der Waals surface area contributed by atoms with E-state index in [1.54, 1.807) is 0 Å². The van der Waals surface area contributed by atoms with E-state index in [0.29, 0.717) is 35.1 Å². The number of para-hydroxylation sites is 5. The van der Waals surface area contributed by atoms with Crippen LogP contribution in [-0.2, 0) is 10.8 Å². The van der Waals surface area contributed by atoms with Gasteiger partial charge in [0, 0.05) is 87.4 Å². The van der Waals surface area contributed by atoms with Crippen molar-refractivity contribution >= 4 is 98.0 Å². The number of benzene rings is 14. The second-order valence-electron chi connectivity index (χ2n) is 28.5. The molecule has 0 amide bonds. The Morgan fingerprint density at radius 1 is 0.231 bits per heavy atom. The summed E-state index contributed by atoms with van der Waals surface area (Å²) in [6, 6.07) is 112. The molecule has 104 heavy (non-hydrogen) atoms. The van der Waals surface area contributed by atoms with E-state index in [1.165, 1.54) is 115 Å². The van der Waals surface area contributed by atoms with Crippen LogP contribution in [0.2, 0.25) is 0 Å². The fourth-order valence-electron chi connectivity index (χ4n) is 17.3. The van der Waals surface area contributed by atoms with Gasteiger partial charge in [-0.3, -0.25) is 4.57 Å². The van der Waals surface area contributed by atoms with Crippen molar-refractivity contribution in [3.63, 3.8) is 0 Å². The Balaban J connectivity index is 0.000000134. The number of nitrogens with zero attached hydrogens (tertiary/aromatic N) is 10. The molecule has 0 N–H and O–H groups in total. The van der Waals surface area contributed by atoms with Gasteiger partial charge in [0.25, 0.3) is 0 Å². The van der Waals surface area contributed by atoms with Crippen LogP contribution in [-0.4, -0.2) is 48.2 Å². The summed E-state index contributed by atoms with van der Waals surface area (Å²) >= 11 is 0. The van der Waals surface area contributed by atoms with Crippen LogP contribution in [0.25, 0.3) is 178 Å². The van der Waals surface area contributed by atoms with Gasteiger partial charge in [0.05, 0.1) is 55.5 Å². The number of aromatic nitrogens is 10. The molecule has 10 nitrogen and oxygen atoms in total. The zero-order valence-corrected chi connectivity index (χ0v) is 57.5. The van der Waals surface area contributed by atoms with Crippen molar-refractivity contribution in [2.75, 3.05) is 0 Å². The standard InChI is InChI=1S/C48H33N5.C46H31N5/c1-48(2)37-20-10-12-23-40(37)53-43-34(19-13-21-38(43)48)35-28-29-41-42(44(35)53)36-18-9-11-22-39(36)52(41)33-26-24-32(25-27-33)47-50-45(30-14-5-3-6-15-30)49-46(51-47)31-16-7-4-8-17-31;1-46(2)34-22-12-14-24-37(34)51-41-33(39-31-20-10-9-19-30(31)27-35(46)42(39)51)25-26-38-40(41)32-21-11-13-23-36(32)50(38)45-48-43(28-15-5-3-6-16-28)47-44(49-45)29-17-7-4-8-18-29/h3-29H,1-2H3;3-27H,1-2H3. The van der Waals surface area contributed by atoms with Gasteiger partial charge in [-0.2, -0.15) is 9.97 Å². The predicted octanol–water partition coefficient (Wildman–Crippen LogP) is 22.9. The first kappa shape index (κ1) is 59.4. The normalized spacial score (nSPS) is 13.3. The smallest absolute Gasteiger partial charge is 0.238 e. The van der Waals surface area contributed by atoms with Crippen LogP contribution in [0.5, 0.6) is 0 Å². The zero-order valence-electron chi connectivity index (χ0n) is 57.5. The Morgan fingerprint density at radius 2 is 0.615 bits per heavy atom. The van der Waals surface area contributed by atoms with Gasteiger partial charge in [-0.1, -0.05) is 276 Å². The zero-order chi connectivity index (χ0) is 69.1. The summed E-state index contributed by atoms with van der Waals surface area (Å²) in [5.74, 6) is 3.83. The monoisotopic (exact) mass is 1330 g/mol. The molecule has 2 aliphatic heterocycles. The van der Waals surface area contributed by atoms with E-state index < -0.39 is 0 Å². The molecule has 0 aliphatic carbocycles. The van der Waals surface area contributed by atoms with E-state index in [-0.39, 0.29) is 10.8 Å². The van der Waals surface area contributed by atoms with Crippen molar-refractivity contribution in [1.82, 2.24) is 48.2 Å². The predicted molar refractivity (Wildman–Crippen MR) is 426 cm³/mol. The molecule has 22 rings (SSSR count). The van der Waals surface area contributed by atoms with Crippen molar-refractivity contribution in [3.8, 4) is 79.9 Å². The Hall–Kier alpha value is -13.4. The molecule has 0 bridgehead atoms. The molecule has 6 aromatic heterocycles. The molecule has 2 aliphatic rings. The number of fused-ring (bicyclic) bond motifs is 20. The summed E-state index contributed by atoms with van der Waals surface area (Å²) in [7, 11) is 0. The Morgan fingerprint density at radius 3 is 1.16 bits per heavy atom. The van der Waals surface area contributed by atoms with E-state index in [9.17, 15) is 0 Å². The van der Waals surface area contributed by atoms with Gasteiger partial charge in [0.2, 0.25) is 5.95 Å². The van der Waals surface area contributed by atoms with Crippen molar-refractivity contribution in [2.24, 2.45) is 0 Å². The van der Waals surface area contributed by atoms with E-state index in [1.807, 2.05) is 97.1 Å². The highest BCUT2D eigenvalue weighted by Gasteiger charge is 2.39. The third kappa shape index (κ3) is 8.69. The second-order valence-corrected chi connectivity index (χ2v) is 28.5. The first-order chi connectivity index (χ1) is 51.1. The first-order valence-electron chi connectivity index (χ1n) is 35.6. The van der Waals surface area contributed by atoms with E-state index in [4.69, 9.17) is 29.9 Å². The lowest BCUT2D eigenvalue weighted by molar-refractivity contribution is 0.630. The minimum atomic E-state index is -0.178. The molecule has 0 spiro atoms. The molecule has 0 unspecified atom stereocenters. The molecule has 0 fully saturated rings. The molecule has 0 saturated carbocycles. The minimum Gasteiger partial charge on any atom is -0.309 e. The van der Waals surface area contributed by atoms with Crippen LogP contribution in [0, 0.1) is 0 Å². The SMILES string of the molecule is CC1(C)c2ccccc2-n2c3c1cc1ccccc1c3c1ccc3c(c4ccccc4n3-c3nc(-c4ccccc4)nc(-c4ccccc4)n3)c12.CC1(C)c2ccccc2-n2c3c1cccc3c1ccc3c(c4ccccc4n3-c3ccc(-c4nc(-c5ccccc5)nc(-c5ccccc5)n4)cc3)c12. The Kier molecular flexibility index (Phi) is 12.9. The average Bonchev–Trinajstić information content (AvgIpc) is 1.52. The third-order valence-electron chi connectivity index (χ3n) is 22.1. The largest absolute Gasteiger partial charge is 0.309 e. The highest BCUT2D eigenvalue weighted by atomic mass is 15.2. The van der Waals surface area contributed by atoms with Gasteiger partial charge < -0.3 is 13.7 Å². The lowest BCUT2D eigenvalue weighted by atomic mass is 9.74. The van der Waals surface area contributed by atoms with Crippen LogP contribution in [0.1, 0.15) is 49.9 Å². The number of hydrogen-bond donors (Lipinski definition) is 0. The minimum absolute atomic E-state index is 0.114. The summed E-state index contributed by atoms with van der Waals surface area (Å²) in [5.41, 5.74) is 22.9. The first-order valence-corrected chi connectivity index (χ1v) is 35.6. The lowest BCUT2D eigenvalue weighted by Crippen LogP contribution is -2.26. The fourth-order valence-corrected chi connectivity index (χ4v) is 17.3. The third-order valence-corrected chi connectivity index (χ3v) is 22.1. The maximum absolute atomic E-state index is 5.19. The molecule has 490 valence electrons. The molecule has 0 atom stereocenters. The van der Waals surface area contributed by atoms with Crippen molar-refractivity contribution in [1.29, 1.82) is 0 Å². The summed E-state index contributed by atoms with van der Waals surface area (Å²) in [4.78, 5) is 30.2. The van der Waals surface area contributed by atoms with E-state index in [2.05, 4.69) is 264 Å².